The maximum Gasteiger partial charge on any atom is 0.228 e. The summed E-state index contributed by atoms with van der Waals surface area (Å²) in [5.41, 5.74) is 3.28. The number of aromatic nitrogens is 3. The third-order valence-electron chi connectivity index (χ3n) is 7.12. The molecule has 4 fully saturated rings. The highest BCUT2D eigenvalue weighted by Crippen LogP contribution is 2.31. The molecular weight excluding hydrogens is 418 g/mol. The van der Waals surface area contributed by atoms with E-state index in [2.05, 4.69) is 38.2 Å². The molecule has 0 aromatic carbocycles. The number of morpholine rings is 1. The van der Waals surface area contributed by atoms with Crippen LogP contribution in [-0.4, -0.2) is 76.9 Å². The predicted molar refractivity (Wildman–Crippen MR) is 127 cm³/mol. The van der Waals surface area contributed by atoms with Crippen LogP contribution < -0.4 is 15.5 Å². The van der Waals surface area contributed by atoms with Crippen LogP contribution in [0, 0.1) is 0 Å². The number of nitrogens with zero attached hydrogens (tertiary/aromatic N) is 5. The monoisotopic (exact) mass is 449 g/mol. The van der Waals surface area contributed by atoms with Gasteiger partial charge in [0.1, 0.15) is 11.6 Å². The number of hydrogen-bond donors (Lipinski definition) is 2. The highest BCUT2D eigenvalue weighted by molar-refractivity contribution is 5.89. The van der Waals surface area contributed by atoms with Crippen molar-refractivity contribution in [1.82, 2.24) is 24.8 Å². The van der Waals surface area contributed by atoms with E-state index in [1.807, 2.05) is 16.8 Å². The molecule has 1 aliphatic carbocycles. The minimum atomic E-state index is -0.0180. The van der Waals surface area contributed by atoms with Crippen molar-refractivity contribution in [1.29, 1.82) is 0 Å². The summed E-state index contributed by atoms with van der Waals surface area (Å²) >= 11 is 0. The molecule has 3 saturated heterocycles. The molecule has 0 bridgehead atoms. The van der Waals surface area contributed by atoms with Crippen molar-refractivity contribution >= 4 is 29.3 Å². The van der Waals surface area contributed by atoms with E-state index in [4.69, 9.17) is 9.72 Å². The fourth-order valence-electron chi connectivity index (χ4n) is 5.07. The molecule has 33 heavy (non-hydrogen) atoms. The molecule has 0 unspecified atom stereocenters. The van der Waals surface area contributed by atoms with Gasteiger partial charge < -0.3 is 20.3 Å². The van der Waals surface area contributed by atoms with Crippen molar-refractivity contribution in [2.75, 3.05) is 49.6 Å². The summed E-state index contributed by atoms with van der Waals surface area (Å²) in [6.07, 6.45) is 8.83. The van der Waals surface area contributed by atoms with Gasteiger partial charge in [-0.05, 0) is 37.3 Å². The van der Waals surface area contributed by atoms with Crippen molar-refractivity contribution in [3.63, 3.8) is 0 Å². The SMILES string of the molecule is C=C1NC(=O)C/C1=C\c1cnn2c(NC3CC3)cc(N3CCC(N4CCOCC4)CC3)nc12. The number of rotatable bonds is 5. The fraction of sp³-hybridized carbons (Fsp3) is 0.542. The molecule has 2 N–H and O–H groups in total. The van der Waals surface area contributed by atoms with E-state index in [1.165, 1.54) is 12.8 Å². The first-order chi connectivity index (χ1) is 16.1. The summed E-state index contributed by atoms with van der Waals surface area (Å²) in [6.45, 7) is 9.74. The molecule has 9 heteroatoms. The van der Waals surface area contributed by atoms with E-state index in [1.54, 1.807) is 0 Å². The second-order valence-electron chi connectivity index (χ2n) is 9.49. The van der Waals surface area contributed by atoms with Crippen LogP contribution in [0.25, 0.3) is 11.7 Å². The summed E-state index contributed by atoms with van der Waals surface area (Å²) in [5.74, 6) is 1.96. The maximum absolute atomic E-state index is 11.8. The summed E-state index contributed by atoms with van der Waals surface area (Å²) in [6, 6.07) is 3.29. The molecular formula is C24H31N7O2. The molecule has 2 aromatic heterocycles. The number of hydrogen-bond acceptors (Lipinski definition) is 7. The van der Waals surface area contributed by atoms with Crippen molar-refractivity contribution in [3.8, 4) is 0 Å². The quantitative estimate of drug-likeness (QED) is 0.722. The molecule has 0 atom stereocenters. The number of piperidine rings is 1. The van der Waals surface area contributed by atoms with E-state index >= 15 is 0 Å². The Morgan fingerprint density at radius 1 is 1.15 bits per heavy atom. The van der Waals surface area contributed by atoms with Crippen LogP contribution in [0.1, 0.15) is 37.7 Å². The van der Waals surface area contributed by atoms with Crippen molar-refractivity contribution in [3.05, 3.63) is 35.7 Å². The summed E-state index contributed by atoms with van der Waals surface area (Å²) in [4.78, 5) is 21.8. The Balaban J connectivity index is 1.28. The second kappa shape index (κ2) is 8.46. The molecule has 0 radical (unpaired) electrons. The Morgan fingerprint density at radius 2 is 1.94 bits per heavy atom. The number of allylic oxidation sites excluding steroid dienone is 1. The van der Waals surface area contributed by atoms with Crippen molar-refractivity contribution in [2.24, 2.45) is 0 Å². The zero-order valence-electron chi connectivity index (χ0n) is 18.9. The van der Waals surface area contributed by atoms with Crippen LogP contribution in [0.5, 0.6) is 0 Å². The first kappa shape index (κ1) is 20.7. The Bertz CT molecular complexity index is 1110. The third kappa shape index (κ3) is 4.22. The zero-order chi connectivity index (χ0) is 22.4. The second-order valence-corrected chi connectivity index (χ2v) is 9.49. The number of amides is 1. The van der Waals surface area contributed by atoms with E-state index in [0.717, 1.165) is 80.7 Å². The first-order valence-corrected chi connectivity index (χ1v) is 12.1. The lowest BCUT2D eigenvalue weighted by atomic mass is 10.0. The van der Waals surface area contributed by atoms with Gasteiger partial charge in [-0.1, -0.05) is 6.58 Å². The molecule has 9 nitrogen and oxygen atoms in total. The maximum atomic E-state index is 11.8. The topological polar surface area (TPSA) is 87.0 Å². The molecule has 3 aliphatic heterocycles. The van der Waals surface area contributed by atoms with Gasteiger partial charge in [0.05, 0.1) is 25.8 Å². The Hall–Kier alpha value is -2.91. The van der Waals surface area contributed by atoms with Crippen LogP contribution in [-0.2, 0) is 9.53 Å². The molecule has 4 aliphatic rings. The molecule has 174 valence electrons. The van der Waals surface area contributed by atoms with E-state index in [-0.39, 0.29) is 5.91 Å². The number of anilines is 2. The smallest absolute Gasteiger partial charge is 0.228 e. The summed E-state index contributed by atoms with van der Waals surface area (Å²) in [5, 5.41) is 11.0. The van der Waals surface area contributed by atoms with Gasteiger partial charge >= 0.3 is 0 Å². The Morgan fingerprint density at radius 3 is 2.64 bits per heavy atom. The molecule has 6 rings (SSSR count). The van der Waals surface area contributed by atoms with Gasteiger partial charge in [-0.15, -0.1) is 0 Å². The molecule has 1 saturated carbocycles. The van der Waals surface area contributed by atoms with Crippen LogP contribution in [0.4, 0.5) is 11.6 Å². The van der Waals surface area contributed by atoms with E-state index in [0.29, 0.717) is 24.2 Å². The normalized spacial score (nSPS) is 24.1. The molecule has 0 spiro atoms. The number of nitrogens with one attached hydrogen (secondary N) is 2. The lowest BCUT2D eigenvalue weighted by molar-refractivity contribution is -0.118. The average Bonchev–Trinajstić information content (AvgIpc) is 3.47. The van der Waals surface area contributed by atoms with Crippen LogP contribution in [0.15, 0.2) is 30.1 Å². The van der Waals surface area contributed by atoms with Crippen LogP contribution in [0.2, 0.25) is 0 Å². The van der Waals surface area contributed by atoms with Gasteiger partial charge in [-0.2, -0.15) is 9.61 Å². The first-order valence-electron chi connectivity index (χ1n) is 12.1. The highest BCUT2D eigenvalue weighted by Gasteiger charge is 2.28. The lowest BCUT2D eigenvalue weighted by Gasteiger charge is -2.40. The van der Waals surface area contributed by atoms with Gasteiger partial charge in [-0.25, -0.2) is 4.98 Å². The number of carbonyl (C=O) groups excluding carboxylic acids is 1. The van der Waals surface area contributed by atoms with Gasteiger partial charge in [0.25, 0.3) is 0 Å². The minimum absolute atomic E-state index is 0.0180. The predicted octanol–water partition coefficient (Wildman–Crippen LogP) is 2.02. The van der Waals surface area contributed by atoms with Crippen LogP contribution >= 0.6 is 0 Å². The standard InChI is InChI=1S/C24H31N7O2/c1-16-17(13-23(32)26-16)12-18-15-25-31-22(27-19-2-3-19)14-21(28-24(18)31)30-6-4-20(5-7-30)29-8-10-33-11-9-29/h12,14-15,19-20,27H,1-11,13H2,(H,26,32)/b17-12+. The molecule has 1 amide bonds. The lowest BCUT2D eigenvalue weighted by Crippen LogP contribution is -2.49. The minimum Gasteiger partial charge on any atom is -0.379 e. The molecule has 2 aromatic rings. The molecule has 5 heterocycles. The largest absolute Gasteiger partial charge is 0.379 e. The Labute approximate surface area is 193 Å². The highest BCUT2D eigenvalue weighted by atomic mass is 16.5. The number of fused-ring (bicyclic) bond motifs is 1. The van der Waals surface area contributed by atoms with Gasteiger partial charge in [0.2, 0.25) is 5.91 Å². The number of ether oxygens (including phenoxy) is 1. The van der Waals surface area contributed by atoms with E-state index < -0.39 is 0 Å². The summed E-state index contributed by atoms with van der Waals surface area (Å²) < 4.78 is 7.42. The Kier molecular flexibility index (Phi) is 5.30. The van der Waals surface area contributed by atoms with E-state index in [9.17, 15) is 4.79 Å². The third-order valence-corrected chi connectivity index (χ3v) is 7.12. The van der Waals surface area contributed by atoms with Crippen molar-refractivity contribution in [2.45, 2.75) is 44.2 Å². The number of carbonyl (C=O) groups is 1. The van der Waals surface area contributed by atoms with Gasteiger partial charge in [0.15, 0.2) is 5.65 Å². The van der Waals surface area contributed by atoms with Gasteiger partial charge in [0, 0.05) is 55.6 Å². The van der Waals surface area contributed by atoms with Gasteiger partial charge in [-0.3, -0.25) is 9.69 Å². The van der Waals surface area contributed by atoms with Crippen molar-refractivity contribution < 1.29 is 9.53 Å². The fourth-order valence-corrected chi connectivity index (χ4v) is 5.07. The average molecular weight is 450 g/mol. The zero-order valence-corrected chi connectivity index (χ0v) is 18.9. The summed E-state index contributed by atoms with van der Waals surface area (Å²) in [7, 11) is 0. The van der Waals surface area contributed by atoms with Crippen LogP contribution in [0.3, 0.4) is 0 Å².